The van der Waals surface area contributed by atoms with Crippen molar-refractivity contribution in [2.45, 2.75) is 51.0 Å². The van der Waals surface area contributed by atoms with Crippen molar-refractivity contribution < 1.29 is 14.7 Å². The van der Waals surface area contributed by atoms with E-state index >= 15 is 0 Å². The van der Waals surface area contributed by atoms with Crippen LogP contribution in [0.25, 0.3) is 0 Å². The normalized spacial score (nSPS) is 16.3. The molecule has 2 N–H and O–H groups in total. The fraction of sp³-hybridized carbons (Fsp3) is 0.529. The number of carboxylic acids is 1. The average molecular weight is 289 g/mol. The number of carboxylic acid groups (broad SMARTS) is 1. The molecule has 1 aromatic rings. The Morgan fingerprint density at radius 2 is 1.90 bits per heavy atom. The Kier molecular flexibility index (Phi) is 4.66. The number of carbonyl (C=O) groups is 2. The van der Waals surface area contributed by atoms with E-state index in [1.807, 2.05) is 44.2 Å². The van der Waals surface area contributed by atoms with Crippen LogP contribution in [0.2, 0.25) is 0 Å². The molecule has 0 saturated heterocycles. The van der Waals surface area contributed by atoms with Crippen LogP contribution in [0.3, 0.4) is 0 Å². The molecule has 0 aliphatic heterocycles. The number of rotatable bonds is 7. The molecule has 0 spiro atoms. The van der Waals surface area contributed by atoms with Crippen LogP contribution in [0.15, 0.2) is 30.3 Å². The third-order valence-electron chi connectivity index (χ3n) is 4.06. The van der Waals surface area contributed by atoms with Gasteiger partial charge in [-0.25, -0.2) is 4.79 Å². The Hall–Kier alpha value is -1.84. The van der Waals surface area contributed by atoms with Gasteiger partial charge in [0.05, 0.1) is 0 Å². The lowest BCUT2D eigenvalue weighted by molar-refractivity contribution is -0.142. The molecule has 0 radical (unpaired) electrons. The van der Waals surface area contributed by atoms with Crippen molar-refractivity contribution in [3.8, 4) is 0 Å². The standard InChI is InChI=1S/C17H23NO3/c1-17(2,13-6-4-3-5-7-13)11-15(19)18-14(16(20)21)10-12-8-9-12/h3-7,12,14H,8-11H2,1-2H3,(H,18,19)(H,20,21). The molecule has 1 unspecified atom stereocenters. The summed E-state index contributed by atoms with van der Waals surface area (Å²) in [6.45, 7) is 4.00. The van der Waals surface area contributed by atoms with Gasteiger partial charge < -0.3 is 10.4 Å². The zero-order valence-electron chi connectivity index (χ0n) is 12.6. The number of nitrogens with one attached hydrogen (secondary N) is 1. The minimum Gasteiger partial charge on any atom is -0.480 e. The maximum Gasteiger partial charge on any atom is 0.326 e. The number of benzene rings is 1. The van der Waals surface area contributed by atoms with E-state index in [2.05, 4.69) is 5.32 Å². The van der Waals surface area contributed by atoms with E-state index in [0.29, 0.717) is 12.3 Å². The van der Waals surface area contributed by atoms with Crippen LogP contribution in [0.4, 0.5) is 0 Å². The van der Waals surface area contributed by atoms with Gasteiger partial charge in [0.25, 0.3) is 0 Å². The van der Waals surface area contributed by atoms with Gasteiger partial charge in [0, 0.05) is 6.42 Å². The highest BCUT2D eigenvalue weighted by molar-refractivity contribution is 5.84. The molecule has 1 aliphatic rings. The minimum atomic E-state index is -0.937. The van der Waals surface area contributed by atoms with Gasteiger partial charge in [0.15, 0.2) is 0 Å². The number of hydrogen-bond acceptors (Lipinski definition) is 2. The number of hydrogen-bond donors (Lipinski definition) is 2. The average Bonchev–Trinajstić information content (AvgIpc) is 3.22. The quantitative estimate of drug-likeness (QED) is 0.811. The molecular formula is C17H23NO3. The summed E-state index contributed by atoms with van der Waals surface area (Å²) in [5.74, 6) is -0.668. The first kappa shape index (κ1) is 15.5. The van der Waals surface area contributed by atoms with E-state index < -0.39 is 12.0 Å². The summed E-state index contributed by atoms with van der Waals surface area (Å²) in [5, 5.41) is 11.9. The van der Waals surface area contributed by atoms with Crippen molar-refractivity contribution in [2.24, 2.45) is 5.92 Å². The molecule has 4 nitrogen and oxygen atoms in total. The van der Waals surface area contributed by atoms with Crippen molar-refractivity contribution in [1.29, 1.82) is 0 Å². The van der Waals surface area contributed by atoms with Crippen LogP contribution in [0.5, 0.6) is 0 Å². The first-order chi connectivity index (χ1) is 9.88. The van der Waals surface area contributed by atoms with Gasteiger partial charge in [-0.2, -0.15) is 0 Å². The van der Waals surface area contributed by atoms with Gasteiger partial charge in [-0.1, -0.05) is 57.0 Å². The third kappa shape index (κ3) is 4.59. The SMILES string of the molecule is CC(C)(CC(=O)NC(CC1CC1)C(=O)O)c1ccccc1. The van der Waals surface area contributed by atoms with E-state index in [1.165, 1.54) is 0 Å². The summed E-state index contributed by atoms with van der Waals surface area (Å²) in [5.41, 5.74) is 0.766. The molecule has 0 aromatic heterocycles. The molecule has 4 heteroatoms. The van der Waals surface area contributed by atoms with Crippen molar-refractivity contribution in [1.82, 2.24) is 5.32 Å². The first-order valence-electron chi connectivity index (χ1n) is 7.46. The summed E-state index contributed by atoms with van der Waals surface area (Å²) in [6, 6.07) is 9.06. The Morgan fingerprint density at radius 3 is 2.43 bits per heavy atom. The van der Waals surface area contributed by atoms with Crippen LogP contribution >= 0.6 is 0 Å². The second-order valence-corrected chi connectivity index (χ2v) is 6.56. The molecule has 1 atom stereocenters. The monoisotopic (exact) mass is 289 g/mol. The fourth-order valence-electron chi connectivity index (χ4n) is 2.55. The lowest BCUT2D eigenvalue weighted by atomic mass is 9.81. The predicted molar refractivity (Wildman–Crippen MR) is 81.0 cm³/mol. The highest BCUT2D eigenvalue weighted by Crippen LogP contribution is 2.33. The number of aliphatic carboxylic acids is 1. The molecule has 2 rings (SSSR count). The summed E-state index contributed by atoms with van der Waals surface area (Å²) in [6.07, 6.45) is 2.99. The minimum absolute atomic E-state index is 0.197. The molecule has 1 amide bonds. The van der Waals surface area contributed by atoms with Crippen molar-refractivity contribution >= 4 is 11.9 Å². The molecule has 0 bridgehead atoms. The van der Waals surface area contributed by atoms with Crippen LogP contribution in [-0.4, -0.2) is 23.0 Å². The van der Waals surface area contributed by atoms with Crippen LogP contribution < -0.4 is 5.32 Å². The Bertz CT molecular complexity index is 506. The maximum absolute atomic E-state index is 12.2. The molecule has 1 saturated carbocycles. The van der Waals surface area contributed by atoms with E-state index in [9.17, 15) is 14.7 Å². The molecular weight excluding hydrogens is 266 g/mol. The number of carbonyl (C=O) groups excluding carboxylic acids is 1. The molecule has 0 heterocycles. The lowest BCUT2D eigenvalue weighted by Crippen LogP contribution is -2.43. The van der Waals surface area contributed by atoms with Gasteiger partial charge in [0.1, 0.15) is 6.04 Å². The molecule has 1 fully saturated rings. The Balaban J connectivity index is 1.94. The zero-order chi connectivity index (χ0) is 15.5. The van der Waals surface area contributed by atoms with E-state index in [4.69, 9.17) is 0 Å². The second kappa shape index (κ2) is 6.29. The highest BCUT2D eigenvalue weighted by atomic mass is 16.4. The smallest absolute Gasteiger partial charge is 0.326 e. The fourth-order valence-corrected chi connectivity index (χ4v) is 2.55. The van der Waals surface area contributed by atoms with E-state index in [-0.39, 0.29) is 17.7 Å². The molecule has 1 aromatic carbocycles. The molecule has 1 aliphatic carbocycles. The summed E-state index contributed by atoms with van der Waals surface area (Å²) < 4.78 is 0. The Morgan fingerprint density at radius 1 is 1.29 bits per heavy atom. The van der Waals surface area contributed by atoms with Crippen molar-refractivity contribution in [3.63, 3.8) is 0 Å². The number of amides is 1. The van der Waals surface area contributed by atoms with Crippen molar-refractivity contribution in [2.75, 3.05) is 0 Å². The van der Waals surface area contributed by atoms with E-state index in [0.717, 1.165) is 18.4 Å². The summed E-state index contributed by atoms with van der Waals surface area (Å²) in [7, 11) is 0. The molecule has 21 heavy (non-hydrogen) atoms. The Labute approximate surface area is 125 Å². The van der Waals surface area contributed by atoms with Crippen LogP contribution in [0, 0.1) is 5.92 Å². The predicted octanol–water partition coefficient (Wildman–Crippen LogP) is 2.72. The van der Waals surface area contributed by atoms with Gasteiger partial charge in [-0.05, 0) is 23.3 Å². The van der Waals surface area contributed by atoms with Gasteiger partial charge in [0.2, 0.25) is 5.91 Å². The van der Waals surface area contributed by atoms with Gasteiger partial charge in [-0.3, -0.25) is 4.79 Å². The van der Waals surface area contributed by atoms with Crippen molar-refractivity contribution in [3.05, 3.63) is 35.9 Å². The second-order valence-electron chi connectivity index (χ2n) is 6.56. The lowest BCUT2D eigenvalue weighted by Gasteiger charge is -2.25. The summed E-state index contributed by atoms with van der Waals surface area (Å²) >= 11 is 0. The highest BCUT2D eigenvalue weighted by Gasteiger charge is 2.31. The van der Waals surface area contributed by atoms with E-state index in [1.54, 1.807) is 0 Å². The van der Waals surface area contributed by atoms with Gasteiger partial charge in [-0.15, -0.1) is 0 Å². The maximum atomic E-state index is 12.2. The summed E-state index contributed by atoms with van der Waals surface area (Å²) in [4.78, 5) is 23.4. The zero-order valence-corrected chi connectivity index (χ0v) is 12.6. The largest absolute Gasteiger partial charge is 0.480 e. The first-order valence-corrected chi connectivity index (χ1v) is 7.46. The van der Waals surface area contributed by atoms with Gasteiger partial charge >= 0.3 is 5.97 Å². The topological polar surface area (TPSA) is 66.4 Å². The van der Waals surface area contributed by atoms with Crippen LogP contribution in [0.1, 0.15) is 45.1 Å². The molecule has 114 valence electrons. The third-order valence-corrected chi connectivity index (χ3v) is 4.06. The van der Waals surface area contributed by atoms with Crippen LogP contribution in [-0.2, 0) is 15.0 Å².